The summed E-state index contributed by atoms with van der Waals surface area (Å²) in [5.41, 5.74) is 1.77. The van der Waals surface area contributed by atoms with Gasteiger partial charge in [0.15, 0.2) is 5.84 Å². The van der Waals surface area contributed by atoms with Gasteiger partial charge in [0.05, 0.1) is 5.57 Å². The van der Waals surface area contributed by atoms with Gasteiger partial charge in [0.2, 0.25) is 5.17 Å². The minimum Gasteiger partial charge on any atom is -0.490 e. The van der Waals surface area contributed by atoms with Crippen molar-refractivity contribution >= 4 is 51.4 Å². The largest absolute Gasteiger partial charge is 0.490 e. The molecule has 0 unspecified atom stereocenters. The molecule has 1 N–H and O–H groups in total. The summed E-state index contributed by atoms with van der Waals surface area (Å²) in [4.78, 5) is 17.1. The second-order valence-corrected chi connectivity index (χ2v) is 10.6. The quantitative estimate of drug-likeness (QED) is 0.146. The van der Waals surface area contributed by atoms with E-state index in [2.05, 4.69) is 23.6 Å². The maximum absolute atomic E-state index is 12.9. The lowest BCUT2D eigenvalue weighted by Crippen LogP contribution is -2.35. The highest BCUT2D eigenvalue weighted by atomic mass is 35.5. The third kappa shape index (κ3) is 7.61. The van der Waals surface area contributed by atoms with Crippen molar-refractivity contribution in [1.82, 2.24) is 5.01 Å². The van der Waals surface area contributed by atoms with Crippen LogP contribution in [0.3, 0.4) is 0 Å². The van der Waals surface area contributed by atoms with Crippen LogP contribution >= 0.6 is 23.4 Å². The summed E-state index contributed by atoms with van der Waals surface area (Å²) in [6.07, 6.45) is 10.8. The van der Waals surface area contributed by atoms with Gasteiger partial charge in [0.1, 0.15) is 29.8 Å². The second-order valence-electron chi connectivity index (χ2n) is 9.16. The summed E-state index contributed by atoms with van der Waals surface area (Å²) in [6.45, 7) is 6.60. The maximum Gasteiger partial charge on any atom is 0.283 e. The zero-order valence-corrected chi connectivity index (χ0v) is 23.7. The van der Waals surface area contributed by atoms with Crippen LogP contribution < -0.4 is 9.47 Å². The van der Waals surface area contributed by atoms with Gasteiger partial charge in [-0.2, -0.15) is 15.1 Å². The molecule has 0 bridgehead atoms. The van der Waals surface area contributed by atoms with E-state index in [1.807, 2.05) is 30.3 Å². The number of rotatable bonds is 14. The molecule has 7 nitrogen and oxygen atoms in total. The Morgan fingerprint density at radius 2 is 1.85 bits per heavy atom. The summed E-state index contributed by atoms with van der Waals surface area (Å²) in [7, 11) is 0. The number of hydrogen-bond donors (Lipinski definition) is 1. The predicted octanol–water partition coefficient (Wildman–Crippen LogP) is 7.51. The summed E-state index contributed by atoms with van der Waals surface area (Å²) in [5, 5.41) is 16.5. The number of carbonyl (C=O) groups excluding carboxylic acids is 1. The first kappa shape index (κ1) is 28.6. The van der Waals surface area contributed by atoms with Crippen LogP contribution in [0.1, 0.15) is 56.6 Å². The summed E-state index contributed by atoms with van der Waals surface area (Å²) >= 11 is 7.63. The zero-order valence-electron chi connectivity index (χ0n) is 22.1. The number of hydrogen-bond acceptors (Lipinski definition) is 6. The lowest BCUT2D eigenvalue weighted by Gasteiger charge is -2.20. The monoisotopic (exact) mass is 564 g/mol. The number of benzene rings is 2. The summed E-state index contributed by atoms with van der Waals surface area (Å²) in [5.74, 6) is 0.828. The number of aliphatic imine (C=N–C) groups is 1. The number of hydrazone groups is 1. The van der Waals surface area contributed by atoms with Crippen molar-refractivity contribution in [2.45, 2.75) is 51.9 Å². The minimum absolute atomic E-state index is 0.00781. The molecule has 0 fully saturated rings. The Morgan fingerprint density at radius 3 is 2.64 bits per heavy atom. The molecule has 0 atom stereocenters. The average molecular weight is 565 g/mol. The topological polar surface area (TPSA) is 87.3 Å². The molecule has 0 saturated carbocycles. The van der Waals surface area contributed by atoms with E-state index in [1.165, 1.54) is 36.0 Å². The summed E-state index contributed by atoms with van der Waals surface area (Å²) in [6, 6.07) is 13.0. The molecule has 9 heteroatoms. The van der Waals surface area contributed by atoms with Gasteiger partial charge in [-0.25, -0.2) is 0 Å². The van der Waals surface area contributed by atoms with E-state index in [4.69, 9.17) is 26.5 Å². The van der Waals surface area contributed by atoms with E-state index < -0.39 is 5.91 Å². The van der Waals surface area contributed by atoms with Gasteiger partial charge in [-0.15, -0.1) is 6.58 Å². The normalized spacial score (nSPS) is 15.7. The average Bonchev–Trinajstić information content (AvgIpc) is 3.33. The van der Waals surface area contributed by atoms with E-state index in [0.717, 1.165) is 42.0 Å². The van der Waals surface area contributed by atoms with Crippen molar-refractivity contribution in [2.75, 3.05) is 13.2 Å². The van der Waals surface area contributed by atoms with Crippen LogP contribution in [0.15, 0.2) is 70.8 Å². The van der Waals surface area contributed by atoms with Gasteiger partial charge in [-0.05, 0) is 66.9 Å². The number of unbranched alkanes of at least 4 members (excludes halogenated alkanes) is 4. The fraction of sp³-hybridized carbons (Fsp3) is 0.333. The highest BCUT2D eigenvalue weighted by Gasteiger charge is 2.35. The molecule has 2 heterocycles. The fourth-order valence-corrected chi connectivity index (χ4v) is 5.31. The molecule has 4 rings (SSSR count). The van der Waals surface area contributed by atoms with Crippen LogP contribution in [0.2, 0.25) is 5.02 Å². The molecule has 0 radical (unpaired) electrons. The second kappa shape index (κ2) is 14.1. The van der Waals surface area contributed by atoms with Gasteiger partial charge in [-0.1, -0.05) is 68.5 Å². The number of fused-ring (bicyclic) bond motifs is 1. The number of halogens is 1. The van der Waals surface area contributed by atoms with Crippen LogP contribution in [0.25, 0.3) is 6.08 Å². The number of ether oxygens (including phenoxy) is 2. The van der Waals surface area contributed by atoms with Crippen molar-refractivity contribution in [3.63, 3.8) is 0 Å². The molecule has 2 aliphatic heterocycles. The summed E-state index contributed by atoms with van der Waals surface area (Å²) < 4.78 is 11.9. The molecule has 0 aromatic heterocycles. The number of para-hydroxylation sites is 1. The van der Waals surface area contributed by atoms with Gasteiger partial charge < -0.3 is 9.47 Å². The lowest BCUT2D eigenvalue weighted by atomic mass is 10.1. The van der Waals surface area contributed by atoms with E-state index in [1.54, 1.807) is 24.3 Å². The van der Waals surface area contributed by atoms with Crippen LogP contribution in [-0.2, 0) is 11.2 Å². The first-order valence-corrected chi connectivity index (χ1v) is 14.4. The molecule has 204 valence electrons. The molecule has 1 amide bonds. The lowest BCUT2D eigenvalue weighted by molar-refractivity contribution is -0.114. The Morgan fingerprint density at radius 1 is 1.08 bits per heavy atom. The number of nitrogens with one attached hydrogen (secondary N) is 1. The predicted molar refractivity (Wildman–Crippen MR) is 161 cm³/mol. The van der Waals surface area contributed by atoms with Gasteiger partial charge >= 0.3 is 0 Å². The van der Waals surface area contributed by atoms with Gasteiger partial charge in [0.25, 0.3) is 5.91 Å². The standard InChI is InChI=1S/C30H33ClN4O3S/c1-3-5-6-7-8-14-27-34-35-28(32)24(29(36)33-30(35)39-27)20-22-19-23(31)15-16-26(22)38-18-17-37-25-13-10-9-12-21(25)11-4-2/h4,9-10,12-13,15-16,19-20,32H,2-3,5-8,11,14,17-18H2,1H3/b24-20-,32-28?. The molecule has 2 aromatic rings. The number of thioether (sulfide) groups is 1. The Kier molecular flexibility index (Phi) is 10.4. The molecule has 0 spiro atoms. The minimum atomic E-state index is -0.480. The van der Waals surface area contributed by atoms with Crippen LogP contribution in [0.4, 0.5) is 0 Å². The molecule has 0 saturated heterocycles. The van der Waals surface area contributed by atoms with E-state index >= 15 is 0 Å². The number of carbonyl (C=O) groups is 1. The number of amidine groups is 2. The smallest absolute Gasteiger partial charge is 0.283 e. The fourth-order valence-electron chi connectivity index (χ4n) is 4.20. The molecular formula is C30H33ClN4O3S. The molecular weight excluding hydrogens is 532 g/mol. The maximum atomic E-state index is 12.9. The highest BCUT2D eigenvalue weighted by Crippen LogP contribution is 2.32. The van der Waals surface area contributed by atoms with Crippen LogP contribution in [0, 0.1) is 5.41 Å². The van der Waals surface area contributed by atoms with Crippen molar-refractivity contribution in [3.05, 3.63) is 76.8 Å². The Hall–Kier alpha value is -3.36. The van der Waals surface area contributed by atoms with Gasteiger partial charge in [0, 0.05) is 10.6 Å². The SMILES string of the molecule is C=CCc1ccccc1OCCOc1ccc(Cl)cc1/C=C1/C(=N)N2N=C(CCCCCCC)SC2=NC1=O. The first-order valence-electron chi connectivity index (χ1n) is 13.2. The Labute approximate surface area is 239 Å². The molecule has 39 heavy (non-hydrogen) atoms. The Balaban J connectivity index is 1.43. The molecule has 2 aliphatic rings. The van der Waals surface area contributed by atoms with Crippen LogP contribution in [-0.4, -0.2) is 40.2 Å². The van der Waals surface area contributed by atoms with Gasteiger partial charge in [-0.3, -0.25) is 10.2 Å². The number of amides is 1. The van der Waals surface area contributed by atoms with E-state index in [-0.39, 0.29) is 18.0 Å². The van der Waals surface area contributed by atoms with E-state index in [0.29, 0.717) is 28.1 Å². The first-order chi connectivity index (χ1) is 19.0. The zero-order chi connectivity index (χ0) is 27.6. The van der Waals surface area contributed by atoms with Crippen LogP contribution in [0.5, 0.6) is 11.5 Å². The van der Waals surface area contributed by atoms with Crippen molar-refractivity contribution in [3.8, 4) is 11.5 Å². The third-order valence-corrected chi connectivity index (χ3v) is 7.40. The van der Waals surface area contributed by atoms with Crippen molar-refractivity contribution in [2.24, 2.45) is 10.1 Å². The third-order valence-electron chi connectivity index (χ3n) is 6.20. The van der Waals surface area contributed by atoms with Crippen molar-refractivity contribution in [1.29, 1.82) is 5.41 Å². The number of nitrogens with zero attached hydrogens (tertiary/aromatic N) is 3. The highest BCUT2D eigenvalue weighted by molar-refractivity contribution is 8.26. The number of allylic oxidation sites excluding steroid dienone is 1. The Bertz CT molecular complexity index is 1320. The molecule has 2 aromatic carbocycles. The molecule has 0 aliphatic carbocycles. The van der Waals surface area contributed by atoms with Crippen molar-refractivity contribution < 1.29 is 14.3 Å². The van der Waals surface area contributed by atoms with E-state index in [9.17, 15) is 4.79 Å².